The van der Waals surface area contributed by atoms with Gasteiger partial charge in [-0.25, -0.2) is 28.4 Å². The second kappa shape index (κ2) is 7.77. The van der Waals surface area contributed by atoms with Crippen LogP contribution in [0.2, 0.25) is 0 Å². The number of rotatable bonds is 3. The van der Waals surface area contributed by atoms with Crippen molar-refractivity contribution >= 4 is 26.7 Å². The summed E-state index contributed by atoms with van der Waals surface area (Å²) in [5.41, 5.74) is 2.90. The van der Waals surface area contributed by atoms with E-state index in [0.717, 1.165) is 16.5 Å². The van der Waals surface area contributed by atoms with Crippen LogP contribution in [0.3, 0.4) is 0 Å². The van der Waals surface area contributed by atoms with E-state index in [-0.39, 0.29) is 17.5 Å². The Morgan fingerprint density at radius 2 is 1.97 bits per heavy atom. The van der Waals surface area contributed by atoms with E-state index in [0.29, 0.717) is 29.6 Å². The lowest BCUT2D eigenvalue weighted by Gasteiger charge is -2.10. The van der Waals surface area contributed by atoms with Crippen molar-refractivity contribution in [2.24, 2.45) is 0 Å². The van der Waals surface area contributed by atoms with Crippen LogP contribution in [-0.2, 0) is 9.84 Å². The molecule has 1 aliphatic rings. The molecule has 0 spiro atoms. The molecule has 1 aliphatic heterocycles. The molecule has 0 radical (unpaired) electrons. The minimum absolute atomic E-state index is 0.0901. The summed E-state index contributed by atoms with van der Waals surface area (Å²) in [6, 6.07) is 9.06. The number of hydrogen-bond acceptors (Lipinski definition) is 8. The predicted molar refractivity (Wildman–Crippen MR) is 116 cm³/mol. The van der Waals surface area contributed by atoms with E-state index in [2.05, 4.69) is 47.3 Å². The van der Waals surface area contributed by atoms with E-state index in [4.69, 9.17) is 0 Å². The van der Waals surface area contributed by atoms with Crippen LogP contribution in [0.4, 0.5) is 5.95 Å². The molecule has 0 bridgehead atoms. The zero-order valence-electron chi connectivity index (χ0n) is 16.3. The van der Waals surface area contributed by atoms with Crippen LogP contribution >= 0.6 is 0 Å². The summed E-state index contributed by atoms with van der Waals surface area (Å²) in [7, 11) is -2.98. The zero-order valence-corrected chi connectivity index (χ0v) is 17.1. The molecule has 9 nitrogen and oxygen atoms in total. The predicted octanol–water partition coefficient (Wildman–Crippen LogP) is 1.81. The van der Waals surface area contributed by atoms with Gasteiger partial charge in [0.05, 0.1) is 23.2 Å². The molecule has 1 saturated heterocycles. The van der Waals surface area contributed by atoms with Crippen LogP contribution in [0.15, 0.2) is 48.9 Å². The number of nitrogens with zero attached hydrogens (tertiary/aromatic N) is 5. The molecule has 1 aromatic carbocycles. The first-order valence-corrected chi connectivity index (χ1v) is 11.4. The Morgan fingerprint density at radius 3 is 2.84 bits per heavy atom. The van der Waals surface area contributed by atoms with Crippen LogP contribution in [0, 0.1) is 11.8 Å². The topological polar surface area (TPSA) is 126 Å². The number of aromatic nitrogens is 6. The van der Waals surface area contributed by atoms with Gasteiger partial charge in [0.2, 0.25) is 5.95 Å². The van der Waals surface area contributed by atoms with Crippen molar-refractivity contribution in [3.63, 3.8) is 0 Å². The molecule has 1 atom stereocenters. The first kappa shape index (κ1) is 19.1. The number of anilines is 1. The van der Waals surface area contributed by atoms with Crippen molar-refractivity contribution in [2.45, 2.75) is 12.5 Å². The lowest BCUT2D eigenvalue weighted by molar-refractivity contribution is 0.602. The number of aromatic amines is 1. The summed E-state index contributed by atoms with van der Waals surface area (Å²) in [5.74, 6) is 7.20. The van der Waals surface area contributed by atoms with Gasteiger partial charge in [0.25, 0.3) is 0 Å². The number of H-pyrrole nitrogens is 1. The molecule has 154 valence electrons. The number of nitrogens with one attached hydrogen (secondary N) is 2. The fourth-order valence-electron chi connectivity index (χ4n) is 3.35. The second-order valence-electron chi connectivity index (χ2n) is 7.20. The Labute approximate surface area is 178 Å². The molecule has 2 N–H and O–H groups in total. The second-order valence-corrected chi connectivity index (χ2v) is 9.43. The van der Waals surface area contributed by atoms with E-state index in [1.54, 1.807) is 30.7 Å². The molecule has 4 aromatic rings. The van der Waals surface area contributed by atoms with Crippen molar-refractivity contribution in [1.29, 1.82) is 0 Å². The lowest BCUT2D eigenvalue weighted by Crippen LogP contribution is -2.22. The summed E-state index contributed by atoms with van der Waals surface area (Å²) < 4.78 is 23.3. The average Bonchev–Trinajstić information content (AvgIpc) is 3.38. The molecule has 31 heavy (non-hydrogen) atoms. The molecule has 0 unspecified atom stereocenters. The fourth-order valence-corrected chi connectivity index (χ4v) is 5.03. The van der Waals surface area contributed by atoms with Crippen LogP contribution in [0.25, 0.3) is 22.4 Å². The normalized spacial score (nSPS) is 17.2. The van der Waals surface area contributed by atoms with E-state index < -0.39 is 9.84 Å². The fraction of sp³-hybridized carbons (Fsp3) is 0.190. The standard InChI is InChI=1S/C21H17N7O2S/c29-31(30)10-7-17(13-31)26-21-23-9-6-19(27-21)20-22-8-5-16(25-20)3-1-14-2-4-18-15(11-14)12-24-28-18/h2,4-6,8-9,11-12,17H,7,10,13H2,(H,24,28)(H,23,26,27)/t17-/m1/s1. The Balaban J connectivity index is 1.37. The molecular formula is C21H17N7O2S. The van der Waals surface area contributed by atoms with Gasteiger partial charge >= 0.3 is 0 Å². The summed E-state index contributed by atoms with van der Waals surface area (Å²) in [5, 5.41) is 11.0. The Hall–Kier alpha value is -3.84. The maximum absolute atomic E-state index is 11.7. The van der Waals surface area contributed by atoms with Crippen LogP contribution in [0.5, 0.6) is 0 Å². The lowest BCUT2D eigenvalue weighted by atomic mass is 10.1. The van der Waals surface area contributed by atoms with Crippen molar-refractivity contribution in [3.05, 3.63) is 60.2 Å². The molecule has 3 aromatic heterocycles. The van der Waals surface area contributed by atoms with Crippen molar-refractivity contribution < 1.29 is 8.42 Å². The minimum Gasteiger partial charge on any atom is -0.350 e. The highest BCUT2D eigenvalue weighted by atomic mass is 32.2. The Bertz CT molecular complexity index is 1440. The SMILES string of the molecule is O=S1(=O)CC[C@@H](Nc2nccc(-c3nccc(C#Cc4ccc5[nH]ncc5c4)n3)n2)C1. The van der Waals surface area contributed by atoms with E-state index in [1.807, 2.05) is 18.2 Å². The highest BCUT2D eigenvalue weighted by Crippen LogP contribution is 2.18. The maximum atomic E-state index is 11.7. The summed E-state index contributed by atoms with van der Waals surface area (Å²) in [6.45, 7) is 0. The first-order valence-electron chi connectivity index (χ1n) is 9.63. The van der Waals surface area contributed by atoms with Gasteiger partial charge in [0.1, 0.15) is 11.4 Å². The van der Waals surface area contributed by atoms with E-state index in [9.17, 15) is 8.42 Å². The van der Waals surface area contributed by atoms with Gasteiger partial charge in [0.15, 0.2) is 15.7 Å². The molecule has 4 heterocycles. The smallest absolute Gasteiger partial charge is 0.223 e. The third-order valence-corrected chi connectivity index (χ3v) is 6.65. The van der Waals surface area contributed by atoms with Crippen LogP contribution in [0.1, 0.15) is 17.7 Å². The number of fused-ring (bicyclic) bond motifs is 1. The highest BCUT2D eigenvalue weighted by Gasteiger charge is 2.28. The van der Waals surface area contributed by atoms with Crippen molar-refractivity contribution in [1.82, 2.24) is 30.1 Å². The summed E-state index contributed by atoms with van der Waals surface area (Å²) in [4.78, 5) is 17.4. The van der Waals surface area contributed by atoms with Crippen molar-refractivity contribution in [3.8, 4) is 23.4 Å². The Morgan fingerprint density at radius 1 is 1.06 bits per heavy atom. The van der Waals surface area contributed by atoms with Gasteiger partial charge in [-0.1, -0.05) is 5.92 Å². The third kappa shape index (κ3) is 4.36. The first-order chi connectivity index (χ1) is 15.0. The van der Waals surface area contributed by atoms with Gasteiger partial charge in [-0.3, -0.25) is 5.10 Å². The molecule has 0 amide bonds. The summed E-state index contributed by atoms with van der Waals surface area (Å²) in [6.07, 6.45) is 5.52. The number of benzene rings is 1. The average molecular weight is 431 g/mol. The van der Waals surface area contributed by atoms with Crippen molar-refractivity contribution in [2.75, 3.05) is 16.8 Å². The Kier molecular flexibility index (Phi) is 4.80. The molecule has 10 heteroatoms. The molecule has 0 aliphatic carbocycles. The summed E-state index contributed by atoms with van der Waals surface area (Å²) >= 11 is 0. The van der Waals surface area contributed by atoms with Crippen LogP contribution in [-0.4, -0.2) is 56.1 Å². The number of hydrogen-bond donors (Lipinski definition) is 2. The van der Waals surface area contributed by atoms with E-state index in [1.165, 1.54) is 0 Å². The monoisotopic (exact) mass is 431 g/mol. The third-order valence-electron chi connectivity index (χ3n) is 4.88. The molecule has 5 rings (SSSR count). The molecule has 0 saturated carbocycles. The largest absolute Gasteiger partial charge is 0.350 e. The van der Waals surface area contributed by atoms with Gasteiger partial charge in [-0.15, -0.1) is 0 Å². The van der Waals surface area contributed by atoms with Gasteiger partial charge in [-0.05, 0) is 42.7 Å². The van der Waals surface area contributed by atoms with Gasteiger partial charge in [-0.2, -0.15) is 5.10 Å². The van der Waals surface area contributed by atoms with Crippen LogP contribution < -0.4 is 5.32 Å². The number of sulfone groups is 1. The maximum Gasteiger partial charge on any atom is 0.223 e. The minimum atomic E-state index is -2.98. The zero-order chi connectivity index (χ0) is 21.3. The quantitative estimate of drug-likeness (QED) is 0.470. The van der Waals surface area contributed by atoms with Gasteiger partial charge < -0.3 is 5.32 Å². The highest BCUT2D eigenvalue weighted by molar-refractivity contribution is 7.91. The van der Waals surface area contributed by atoms with E-state index >= 15 is 0 Å². The molecule has 1 fully saturated rings. The molecular weight excluding hydrogens is 414 g/mol. The van der Waals surface area contributed by atoms with Gasteiger partial charge in [0, 0.05) is 29.4 Å².